The average Bonchev–Trinajstić information content (AvgIpc) is 2.48. The largest absolute Gasteiger partial charge is 0.343 e. The molecule has 1 aliphatic rings. The minimum atomic E-state index is 0.429. The molecule has 2 heteroatoms. The smallest absolute Gasteiger partial charge is 0.137 e. The number of allylic oxidation sites excluding steroid dienone is 1. The fourth-order valence-electron chi connectivity index (χ4n) is 1.52. The zero-order valence-electron chi connectivity index (χ0n) is 8.91. The highest BCUT2D eigenvalue weighted by atomic mass is 14.9. The zero-order valence-corrected chi connectivity index (χ0v) is 8.91. The first-order valence-electron chi connectivity index (χ1n) is 5.12. The summed E-state index contributed by atoms with van der Waals surface area (Å²) < 4.78 is 0. The molecule has 0 aromatic carbocycles. The molecule has 0 bridgehead atoms. The second kappa shape index (κ2) is 3.45. The highest BCUT2D eigenvalue weighted by Crippen LogP contribution is 2.27. The molecule has 2 nitrogen and oxygen atoms in total. The summed E-state index contributed by atoms with van der Waals surface area (Å²) in [5.41, 5.74) is 2.46. The minimum absolute atomic E-state index is 0.429. The number of hydrogen-bond acceptors (Lipinski definition) is 1. The van der Waals surface area contributed by atoms with Gasteiger partial charge in [-0.2, -0.15) is 0 Å². The summed E-state index contributed by atoms with van der Waals surface area (Å²) in [5, 5.41) is 0. The van der Waals surface area contributed by atoms with Crippen molar-refractivity contribution in [3.63, 3.8) is 0 Å². The van der Waals surface area contributed by atoms with Crippen molar-refractivity contribution in [1.29, 1.82) is 0 Å². The number of nitrogens with zero attached hydrogens (tertiary/aromatic N) is 1. The van der Waals surface area contributed by atoms with E-state index in [-0.39, 0.29) is 0 Å². The lowest BCUT2D eigenvalue weighted by Gasteiger charge is -1.98. The van der Waals surface area contributed by atoms with Gasteiger partial charge in [-0.25, -0.2) is 4.99 Å². The Bertz CT molecular complexity index is 352. The van der Waals surface area contributed by atoms with Gasteiger partial charge in [0.15, 0.2) is 0 Å². The van der Waals surface area contributed by atoms with Gasteiger partial charge in [0.2, 0.25) is 0 Å². The topological polar surface area (TPSA) is 28.1 Å². The van der Waals surface area contributed by atoms with Crippen molar-refractivity contribution in [3.05, 3.63) is 23.4 Å². The molecule has 0 fully saturated rings. The Morgan fingerprint density at radius 1 is 1.43 bits per heavy atom. The van der Waals surface area contributed by atoms with Crippen molar-refractivity contribution in [1.82, 2.24) is 4.98 Å². The maximum absolute atomic E-state index is 4.43. The first-order valence-corrected chi connectivity index (χ1v) is 5.12. The number of fused-ring (bicyclic) bond motifs is 1. The lowest BCUT2D eigenvalue weighted by atomic mass is 10.1. The third-order valence-corrected chi connectivity index (χ3v) is 2.49. The molecule has 1 unspecified atom stereocenters. The lowest BCUT2D eigenvalue weighted by Crippen LogP contribution is -1.88. The Labute approximate surface area is 84.8 Å². The quantitative estimate of drug-likeness (QED) is 0.698. The van der Waals surface area contributed by atoms with Crippen LogP contribution in [0.3, 0.4) is 0 Å². The summed E-state index contributed by atoms with van der Waals surface area (Å²) in [6.45, 7) is 6.50. The standard InChI is InChI=1S/C12H16N2/c1-8(2)11-6-10-5-4-9(3)7-13-12(10)14-11/h4-9,14H,1-3H3. The molecule has 0 radical (unpaired) electrons. The monoisotopic (exact) mass is 188 g/mol. The predicted molar refractivity (Wildman–Crippen MR) is 61.2 cm³/mol. The highest BCUT2D eigenvalue weighted by Gasteiger charge is 2.09. The normalized spacial score (nSPS) is 19.9. The Kier molecular flexibility index (Phi) is 2.28. The van der Waals surface area contributed by atoms with Crippen LogP contribution in [-0.2, 0) is 0 Å². The Balaban J connectivity index is 2.41. The highest BCUT2D eigenvalue weighted by molar-refractivity contribution is 5.76. The van der Waals surface area contributed by atoms with E-state index in [1.54, 1.807) is 0 Å². The second-order valence-corrected chi connectivity index (χ2v) is 4.18. The molecule has 0 amide bonds. The minimum Gasteiger partial charge on any atom is -0.343 e. The maximum atomic E-state index is 4.43. The van der Waals surface area contributed by atoms with Crippen LogP contribution >= 0.6 is 0 Å². The van der Waals surface area contributed by atoms with Gasteiger partial charge in [0, 0.05) is 23.4 Å². The van der Waals surface area contributed by atoms with Crippen molar-refractivity contribution >= 4 is 18.1 Å². The van der Waals surface area contributed by atoms with Crippen molar-refractivity contribution in [3.8, 4) is 0 Å². The number of hydrogen-bond donors (Lipinski definition) is 1. The van der Waals surface area contributed by atoms with Gasteiger partial charge in [-0.15, -0.1) is 0 Å². The van der Waals surface area contributed by atoms with Gasteiger partial charge in [0.1, 0.15) is 5.82 Å². The molecule has 1 N–H and O–H groups in total. The molecule has 14 heavy (non-hydrogen) atoms. The maximum Gasteiger partial charge on any atom is 0.137 e. The lowest BCUT2D eigenvalue weighted by molar-refractivity contribution is 0.833. The number of H-pyrrole nitrogens is 1. The first-order chi connectivity index (χ1) is 6.66. The Morgan fingerprint density at radius 2 is 2.21 bits per heavy atom. The molecule has 1 aliphatic heterocycles. The van der Waals surface area contributed by atoms with Gasteiger partial charge in [0.05, 0.1) is 0 Å². The molecular formula is C12H16N2. The Hall–Kier alpha value is -1.31. The summed E-state index contributed by atoms with van der Waals surface area (Å²) in [6, 6.07) is 2.19. The molecule has 1 aromatic heterocycles. The van der Waals surface area contributed by atoms with Crippen LogP contribution in [0, 0.1) is 5.92 Å². The van der Waals surface area contributed by atoms with Crippen LogP contribution in [-0.4, -0.2) is 11.2 Å². The number of nitrogens with one attached hydrogen (secondary N) is 1. The first kappa shape index (κ1) is 9.25. The number of aliphatic imine (C=N–C) groups is 1. The Morgan fingerprint density at radius 3 is 2.93 bits per heavy atom. The molecule has 74 valence electrons. The fourth-order valence-corrected chi connectivity index (χ4v) is 1.52. The summed E-state index contributed by atoms with van der Waals surface area (Å²) in [7, 11) is 0. The number of aromatic amines is 1. The van der Waals surface area contributed by atoms with Crippen molar-refractivity contribution in [2.24, 2.45) is 10.9 Å². The summed E-state index contributed by atoms with van der Waals surface area (Å²) >= 11 is 0. The average molecular weight is 188 g/mol. The molecule has 0 aliphatic carbocycles. The molecule has 1 aromatic rings. The molecule has 0 saturated carbocycles. The third-order valence-electron chi connectivity index (χ3n) is 2.49. The van der Waals surface area contributed by atoms with Crippen LogP contribution in [0.2, 0.25) is 0 Å². The number of aromatic nitrogens is 1. The van der Waals surface area contributed by atoms with Crippen LogP contribution in [0.4, 0.5) is 5.82 Å². The van der Waals surface area contributed by atoms with E-state index in [1.165, 1.54) is 11.3 Å². The van der Waals surface area contributed by atoms with Crippen LogP contribution in [0.15, 0.2) is 17.1 Å². The summed E-state index contributed by atoms with van der Waals surface area (Å²) in [4.78, 5) is 7.77. The molecular weight excluding hydrogens is 172 g/mol. The van der Waals surface area contributed by atoms with Crippen molar-refractivity contribution in [2.45, 2.75) is 26.7 Å². The predicted octanol–water partition coefficient (Wildman–Crippen LogP) is 3.50. The van der Waals surface area contributed by atoms with Crippen LogP contribution < -0.4 is 0 Å². The molecule has 2 heterocycles. The SMILES string of the molecule is CC1C=Cc2cc(C(C)C)[nH]c2N=C1. The fraction of sp³-hybridized carbons (Fsp3) is 0.417. The van der Waals surface area contributed by atoms with E-state index < -0.39 is 0 Å². The van der Waals surface area contributed by atoms with E-state index in [1.807, 2.05) is 6.21 Å². The van der Waals surface area contributed by atoms with Gasteiger partial charge >= 0.3 is 0 Å². The number of rotatable bonds is 1. The van der Waals surface area contributed by atoms with Crippen LogP contribution in [0.5, 0.6) is 0 Å². The van der Waals surface area contributed by atoms with Crippen molar-refractivity contribution in [2.75, 3.05) is 0 Å². The van der Waals surface area contributed by atoms with Crippen molar-refractivity contribution < 1.29 is 0 Å². The summed E-state index contributed by atoms with van der Waals surface area (Å²) in [6.07, 6.45) is 6.30. The molecule has 0 spiro atoms. The van der Waals surface area contributed by atoms with E-state index in [2.05, 4.69) is 49.0 Å². The zero-order chi connectivity index (χ0) is 10.1. The van der Waals surface area contributed by atoms with E-state index >= 15 is 0 Å². The van der Waals surface area contributed by atoms with Gasteiger partial charge in [-0.1, -0.05) is 32.9 Å². The van der Waals surface area contributed by atoms with Gasteiger partial charge in [0.25, 0.3) is 0 Å². The van der Waals surface area contributed by atoms with Gasteiger partial charge in [-0.3, -0.25) is 0 Å². The van der Waals surface area contributed by atoms with Crippen LogP contribution in [0.25, 0.3) is 6.08 Å². The second-order valence-electron chi connectivity index (χ2n) is 4.18. The third kappa shape index (κ3) is 1.65. The molecule has 2 rings (SSSR count). The molecule has 1 atom stereocenters. The summed E-state index contributed by atoms with van der Waals surface area (Å²) in [5.74, 6) is 1.95. The van der Waals surface area contributed by atoms with E-state index in [4.69, 9.17) is 0 Å². The van der Waals surface area contributed by atoms with E-state index in [9.17, 15) is 0 Å². The van der Waals surface area contributed by atoms with Crippen LogP contribution in [0.1, 0.15) is 37.9 Å². The van der Waals surface area contributed by atoms with Gasteiger partial charge in [-0.05, 0) is 12.0 Å². The van der Waals surface area contributed by atoms with E-state index in [0.29, 0.717) is 11.8 Å². The van der Waals surface area contributed by atoms with Gasteiger partial charge < -0.3 is 4.98 Å². The molecule has 0 saturated heterocycles. The van der Waals surface area contributed by atoms with E-state index in [0.717, 1.165) is 5.82 Å².